The minimum absolute atomic E-state index is 0.778. The maximum Gasteiger partial charge on any atom is 0.149 e. The van der Waals surface area contributed by atoms with Gasteiger partial charge in [-0.25, -0.2) is 4.98 Å². The highest BCUT2D eigenvalue weighted by molar-refractivity contribution is 5.77. The smallest absolute Gasteiger partial charge is 0.149 e. The number of rotatable bonds is 3. The normalized spacial score (nSPS) is 10.7. The summed E-state index contributed by atoms with van der Waals surface area (Å²) in [6.07, 6.45) is 5.31. The first-order valence-electron chi connectivity index (χ1n) is 4.70. The van der Waals surface area contributed by atoms with Crippen molar-refractivity contribution in [1.82, 2.24) is 9.97 Å². The Hall–Kier alpha value is -2.10. The van der Waals surface area contributed by atoms with Gasteiger partial charge in [-0.15, -0.1) is 0 Å². The molecule has 0 unspecified atom stereocenters. The predicted octanol–water partition coefficient (Wildman–Crippen LogP) is 2.16. The summed E-state index contributed by atoms with van der Waals surface area (Å²) in [5.41, 5.74) is 4.91. The molecule has 2 heterocycles. The van der Waals surface area contributed by atoms with Crippen LogP contribution in [0.4, 0.5) is 5.82 Å². The molecular weight excluding hydrogens is 188 g/mol. The van der Waals surface area contributed by atoms with Gasteiger partial charge in [0.2, 0.25) is 0 Å². The summed E-state index contributed by atoms with van der Waals surface area (Å²) in [6.45, 7) is 1.99. The molecule has 15 heavy (non-hydrogen) atoms. The van der Waals surface area contributed by atoms with E-state index in [9.17, 15) is 0 Å². The molecule has 2 rings (SSSR count). The molecule has 0 saturated heterocycles. The minimum Gasteiger partial charge on any atom is -0.360 e. The van der Waals surface area contributed by atoms with Crippen molar-refractivity contribution in [3.8, 4) is 0 Å². The van der Waals surface area contributed by atoms with Crippen LogP contribution in [0.3, 0.4) is 0 Å². The molecule has 0 fully saturated rings. The second kappa shape index (κ2) is 4.41. The van der Waals surface area contributed by atoms with Gasteiger partial charge in [-0.05, 0) is 30.7 Å². The fraction of sp³-hybridized carbons (Fsp3) is 0.0909. The molecule has 0 amide bonds. The molecule has 0 radical (unpaired) electrons. The highest BCUT2D eigenvalue weighted by Crippen LogP contribution is 2.08. The summed E-state index contributed by atoms with van der Waals surface area (Å²) < 4.78 is 0. The van der Waals surface area contributed by atoms with Crippen molar-refractivity contribution in [2.75, 3.05) is 5.43 Å². The summed E-state index contributed by atoms with van der Waals surface area (Å²) in [5.74, 6) is 0.778. The zero-order valence-corrected chi connectivity index (χ0v) is 8.44. The van der Waals surface area contributed by atoms with Crippen LogP contribution in [0.25, 0.3) is 0 Å². The Labute approximate surface area is 88.1 Å². The van der Waals surface area contributed by atoms with E-state index >= 15 is 0 Å². The zero-order valence-electron chi connectivity index (χ0n) is 8.44. The van der Waals surface area contributed by atoms with Gasteiger partial charge in [-0.2, -0.15) is 5.10 Å². The van der Waals surface area contributed by atoms with Gasteiger partial charge in [0.1, 0.15) is 5.82 Å². The molecule has 4 nitrogen and oxygen atoms in total. The van der Waals surface area contributed by atoms with Gasteiger partial charge >= 0.3 is 0 Å². The Bertz CT molecular complexity index is 445. The number of aryl methyl sites for hydroxylation is 1. The molecule has 0 aromatic carbocycles. The van der Waals surface area contributed by atoms with Crippen molar-refractivity contribution in [2.45, 2.75) is 6.92 Å². The molecule has 2 aromatic heterocycles. The number of hydrogen-bond acceptors (Lipinski definition) is 3. The summed E-state index contributed by atoms with van der Waals surface area (Å²) in [4.78, 5) is 7.19. The number of nitrogens with one attached hydrogen (secondary N) is 2. The maximum absolute atomic E-state index is 4.16. The van der Waals surface area contributed by atoms with Crippen LogP contribution in [0.15, 0.2) is 41.8 Å². The minimum atomic E-state index is 0.778. The number of aromatic amines is 1. The fourth-order valence-corrected chi connectivity index (χ4v) is 1.19. The third-order valence-corrected chi connectivity index (χ3v) is 2.01. The SMILES string of the molecule is Cc1cccnc1N/N=C/c1ccc[nH]1. The number of nitrogens with zero attached hydrogens (tertiary/aromatic N) is 2. The fourth-order valence-electron chi connectivity index (χ4n) is 1.19. The Morgan fingerprint density at radius 3 is 3.07 bits per heavy atom. The van der Waals surface area contributed by atoms with E-state index in [4.69, 9.17) is 0 Å². The first-order valence-corrected chi connectivity index (χ1v) is 4.70. The van der Waals surface area contributed by atoms with E-state index in [1.54, 1.807) is 12.4 Å². The van der Waals surface area contributed by atoms with Crippen LogP contribution in [-0.2, 0) is 0 Å². The van der Waals surface area contributed by atoms with Crippen LogP contribution in [0.2, 0.25) is 0 Å². The van der Waals surface area contributed by atoms with E-state index in [-0.39, 0.29) is 0 Å². The molecule has 0 aliphatic rings. The molecule has 0 spiro atoms. The monoisotopic (exact) mass is 200 g/mol. The zero-order chi connectivity index (χ0) is 10.5. The second-order valence-corrected chi connectivity index (χ2v) is 3.16. The molecule has 76 valence electrons. The van der Waals surface area contributed by atoms with Crippen LogP contribution in [-0.4, -0.2) is 16.2 Å². The predicted molar refractivity (Wildman–Crippen MR) is 61.0 cm³/mol. The lowest BCUT2D eigenvalue weighted by molar-refractivity contribution is 1.19. The maximum atomic E-state index is 4.16. The number of hydrazone groups is 1. The van der Waals surface area contributed by atoms with Crippen molar-refractivity contribution >= 4 is 12.0 Å². The number of hydrogen-bond donors (Lipinski definition) is 2. The highest BCUT2D eigenvalue weighted by Gasteiger charge is 1.94. The number of H-pyrrole nitrogens is 1. The van der Waals surface area contributed by atoms with E-state index in [0.717, 1.165) is 17.1 Å². The van der Waals surface area contributed by atoms with Crippen molar-refractivity contribution in [3.63, 3.8) is 0 Å². The summed E-state index contributed by atoms with van der Waals surface area (Å²) >= 11 is 0. The average molecular weight is 200 g/mol. The lowest BCUT2D eigenvalue weighted by atomic mass is 10.3. The Morgan fingerprint density at radius 1 is 1.40 bits per heavy atom. The summed E-state index contributed by atoms with van der Waals surface area (Å²) in [6, 6.07) is 7.75. The Morgan fingerprint density at radius 2 is 2.33 bits per heavy atom. The first-order chi connectivity index (χ1) is 7.36. The van der Waals surface area contributed by atoms with Gasteiger partial charge in [0.25, 0.3) is 0 Å². The average Bonchev–Trinajstić information content (AvgIpc) is 2.74. The number of aromatic nitrogens is 2. The van der Waals surface area contributed by atoms with Gasteiger partial charge in [-0.3, -0.25) is 5.43 Å². The van der Waals surface area contributed by atoms with Crippen LogP contribution in [0.1, 0.15) is 11.3 Å². The largest absolute Gasteiger partial charge is 0.360 e. The van der Waals surface area contributed by atoms with Gasteiger partial charge in [-0.1, -0.05) is 6.07 Å². The van der Waals surface area contributed by atoms with Gasteiger partial charge in [0, 0.05) is 12.4 Å². The third-order valence-electron chi connectivity index (χ3n) is 2.01. The van der Waals surface area contributed by atoms with Crippen LogP contribution in [0.5, 0.6) is 0 Å². The number of pyridine rings is 1. The molecule has 2 N–H and O–H groups in total. The van der Waals surface area contributed by atoms with E-state index in [1.807, 2.05) is 37.4 Å². The molecule has 0 atom stereocenters. The molecule has 0 saturated carbocycles. The van der Waals surface area contributed by atoms with Crippen molar-refractivity contribution in [2.24, 2.45) is 5.10 Å². The van der Waals surface area contributed by atoms with E-state index in [2.05, 4.69) is 20.5 Å². The molecular formula is C11H12N4. The van der Waals surface area contributed by atoms with E-state index < -0.39 is 0 Å². The van der Waals surface area contributed by atoms with Gasteiger partial charge in [0.05, 0.1) is 11.9 Å². The molecule has 0 aliphatic heterocycles. The molecule has 0 aliphatic carbocycles. The van der Waals surface area contributed by atoms with Gasteiger partial charge < -0.3 is 4.98 Å². The highest BCUT2D eigenvalue weighted by atomic mass is 15.3. The van der Waals surface area contributed by atoms with E-state index in [0.29, 0.717) is 0 Å². The molecule has 2 aromatic rings. The van der Waals surface area contributed by atoms with Gasteiger partial charge in [0.15, 0.2) is 0 Å². The summed E-state index contributed by atoms with van der Waals surface area (Å²) in [5, 5.41) is 4.08. The van der Waals surface area contributed by atoms with Crippen LogP contribution < -0.4 is 5.43 Å². The van der Waals surface area contributed by atoms with Crippen molar-refractivity contribution < 1.29 is 0 Å². The van der Waals surface area contributed by atoms with Crippen molar-refractivity contribution in [1.29, 1.82) is 0 Å². The Kier molecular flexibility index (Phi) is 2.78. The Balaban J connectivity index is 2.02. The van der Waals surface area contributed by atoms with Crippen LogP contribution in [0, 0.1) is 6.92 Å². The molecule has 0 bridgehead atoms. The van der Waals surface area contributed by atoms with Crippen molar-refractivity contribution in [3.05, 3.63) is 47.9 Å². The third kappa shape index (κ3) is 2.43. The van der Waals surface area contributed by atoms with E-state index in [1.165, 1.54) is 0 Å². The lowest BCUT2D eigenvalue weighted by Gasteiger charge is -2.01. The lowest BCUT2D eigenvalue weighted by Crippen LogP contribution is -1.95. The first kappa shape index (κ1) is 9.45. The standard InChI is InChI=1S/C11H12N4/c1-9-4-2-7-13-11(9)15-14-8-10-5-3-6-12-10/h2-8,12H,1H3,(H,13,15)/b14-8+. The second-order valence-electron chi connectivity index (χ2n) is 3.16. The topological polar surface area (TPSA) is 53.1 Å². The van der Waals surface area contributed by atoms with Crippen LogP contribution >= 0.6 is 0 Å². The number of anilines is 1. The quantitative estimate of drug-likeness (QED) is 0.589. The summed E-state index contributed by atoms with van der Waals surface area (Å²) in [7, 11) is 0. The molecule has 4 heteroatoms.